The van der Waals surface area contributed by atoms with Gasteiger partial charge in [0.1, 0.15) is 5.82 Å². The van der Waals surface area contributed by atoms with Crippen molar-refractivity contribution in [2.75, 3.05) is 18.5 Å². The van der Waals surface area contributed by atoms with Crippen molar-refractivity contribution in [3.8, 4) is 0 Å². The monoisotopic (exact) mass is 324 g/mol. The van der Waals surface area contributed by atoms with E-state index in [0.717, 1.165) is 54.2 Å². The Kier molecular flexibility index (Phi) is 4.08. The molecule has 0 aliphatic carbocycles. The fourth-order valence-electron chi connectivity index (χ4n) is 2.99. The summed E-state index contributed by atoms with van der Waals surface area (Å²) in [6.45, 7) is 2.29. The molecule has 7 heteroatoms. The molecule has 3 aromatic rings. The molecule has 0 aromatic carbocycles. The van der Waals surface area contributed by atoms with Crippen LogP contribution in [0.1, 0.15) is 30.1 Å². The number of rotatable bonds is 4. The number of hydrogen-bond donors (Lipinski definition) is 1. The maximum absolute atomic E-state index is 5.38. The van der Waals surface area contributed by atoms with Gasteiger partial charge in [-0.3, -0.25) is 4.68 Å². The lowest BCUT2D eigenvalue weighted by molar-refractivity contribution is 0.0836. The van der Waals surface area contributed by atoms with Crippen LogP contribution in [-0.4, -0.2) is 37.9 Å². The van der Waals surface area contributed by atoms with Crippen LogP contribution >= 0.6 is 0 Å². The molecule has 0 atom stereocenters. The molecule has 4 rings (SSSR count). The van der Waals surface area contributed by atoms with Crippen molar-refractivity contribution in [2.24, 2.45) is 7.05 Å². The first-order chi connectivity index (χ1) is 11.8. The van der Waals surface area contributed by atoms with Crippen molar-refractivity contribution in [1.82, 2.24) is 24.7 Å². The van der Waals surface area contributed by atoms with Crippen molar-refractivity contribution in [3.63, 3.8) is 0 Å². The second-order valence-electron chi connectivity index (χ2n) is 6.09. The first-order valence-corrected chi connectivity index (χ1v) is 8.20. The van der Waals surface area contributed by atoms with Gasteiger partial charge in [-0.1, -0.05) is 0 Å². The molecule has 0 bridgehead atoms. The first-order valence-electron chi connectivity index (χ1n) is 8.20. The van der Waals surface area contributed by atoms with E-state index in [2.05, 4.69) is 31.4 Å². The molecule has 1 aliphatic rings. The van der Waals surface area contributed by atoms with E-state index < -0.39 is 0 Å². The standard InChI is InChI=1S/C17H20N6O/c1-23-17-14(9-22-23)6-12(8-21-17)7-18-15-10-19-16(20-11-15)13-2-4-24-5-3-13/h6,8-11,13,18H,2-5,7H2,1H3. The van der Waals surface area contributed by atoms with E-state index >= 15 is 0 Å². The number of hydrogen-bond acceptors (Lipinski definition) is 6. The molecule has 1 saturated heterocycles. The Balaban J connectivity index is 1.41. The highest BCUT2D eigenvalue weighted by atomic mass is 16.5. The van der Waals surface area contributed by atoms with Gasteiger partial charge >= 0.3 is 0 Å². The van der Waals surface area contributed by atoms with Gasteiger partial charge in [0.25, 0.3) is 0 Å². The summed E-state index contributed by atoms with van der Waals surface area (Å²) in [5, 5.41) is 8.60. The smallest absolute Gasteiger partial charge is 0.157 e. The third-order valence-corrected chi connectivity index (χ3v) is 4.38. The number of anilines is 1. The van der Waals surface area contributed by atoms with Crippen LogP contribution in [0.15, 0.2) is 30.9 Å². The summed E-state index contributed by atoms with van der Waals surface area (Å²) in [6.07, 6.45) is 9.42. The van der Waals surface area contributed by atoms with E-state index in [9.17, 15) is 0 Å². The maximum Gasteiger partial charge on any atom is 0.157 e. The molecular weight excluding hydrogens is 304 g/mol. The average Bonchev–Trinajstić information content (AvgIpc) is 3.02. The number of fused-ring (bicyclic) bond motifs is 1. The van der Waals surface area contributed by atoms with E-state index in [4.69, 9.17) is 4.74 Å². The van der Waals surface area contributed by atoms with Crippen LogP contribution in [0.3, 0.4) is 0 Å². The van der Waals surface area contributed by atoms with E-state index in [0.29, 0.717) is 12.5 Å². The molecule has 0 unspecified atom stereocenters. The fourth-order valence-corrected chi connectivity index (χ4v) is 2.99. The van der Waals surface area contributed by atoms with E-state index in [-0.39, 0.29) is 0 Å². The van der Waals surface area contributed by atoms with Crippen LogP contribution < -0.4 is 5.32 Å². The second kappa shape index (κ2) is 6.52. The van der Waals surface area contributed by atoms with Crippen LogP contribution in [0.4, 0.5) is 5.69 Å². The minimum atomic E-state index is 0.421. The van der Waals surface area contributed by atoms with Crippen molar-refractivity contribution in [3.05, 3.63) is 42.2 Å². The molecule has 1 fully saturated rings. The predicted octanol–water partition coefficient (Wildman–Crippen LogP) is 2.26. The van der Waals surface area contributed by atoms with E-state index in [1.807, 2.05) is 31.8 Å². The number of nitrogens with one attached hydrogen (secondary N) is 1. The minimum Gasteiger partial charge on any atom is -0.381 e. The van der Waals surface area contributed by atoms with Gasteiger partial charge in [0, 0.05) is 44.3 Å². The summed E-state index contributed by atoms with van der Waals surface area (Å²) < 4.78 is 7.16. The molecule has 24 heavy (non-hydrogen) atoms. The van der Waals surface area contributed by atoms with E-state index in [1.165, 1.54) is 0 Å². The Morgan fingerprint density at radius 1 is 1.12 bits per heavy atom. The largest absolute Gasteiger partial charge is 0.381 e. The third-order valence-electron chi connectivity index (χ3n) is 4.38. The SMILES string of the molecule is Cn1ncc2cc(CNc3cnc(C4CCOCC4)nc3)cnc21. The normalized spacial score (nSPS) is 15.7. The second-order valence-corrected chi connectivity index (χ2v) is 6.09. The molecule has 4 heterocycles. The predicted molar refractivity (Wildman–Crippen MR) is 90.7 cm³/mol. The maximum atomic E-state index is 5.38. The van der Waals surface area contributed by atoms with Gasteiger partial charge in [0.05, 0.1) is 24.3 Å². The Morgan fingerprint density at radius 2 is 1.92 bits per heavy atom. The summed E-state index contributed by atoms with van der Waals surface area (Å²) in [7, 11) is 1.89. The van der Waals surface area contributed by atoms with Gasteiger partial charge < -0.3 is 10.1 Å². The van der Waals surface area contributed by atoms with Gasteiger partial charge in [-0.25, -0.2) is 15.0 Å². The molecule has 124 valence electrons. The Bertz CT molecular complexity index is 823. The number of pyridine rings is 1. The molecule has 3 aromatic heterocycles. The molecule has 0 spiro atoms. The zero-order chi connectivity index (χ0) is 16.4. The van der Waals surface area contributed by atoms with Gasteiger partial charge in [0.15, 0.2) is 5.65 Å². The lowest BCUT2D eigenvalue weighted by Crippen LogP contribution is -2.16. The Labute approximate surface area is 140 Å². The fraction of sp³-hybridized carbons (Fsp3) is 0.412. The number of ether oxygens (including phenoxy) is 1. The summed E-state index contributed by atoms with van der Waals surface area (Å²) in [5.41, 5.74) is 2.91. The van der Waals surface area contributed by atoms with Crippen LogP contribution in [0.2, 0.25) is 0 Å². The van der Waals surface area contributed by atoms with Gasteiger partial charge in [-0.15, -0.1) is 0 Å². The summed E-state index contributed by atoms with van der Waals surface area (Å²) in [4.78, 5) is 13.5. The lowest BCUT2D eigenvalue weighted by atomic mass is 9.99. The van der Waals surface area contributed by atoms with Crippen LogP contribution in [0, 0.1) is 0 Å². The summed E-state index contributed by atoms with van der Waals surface area (Å²) in [6, 6.07) is 2.10. The van der Waals surface area contributed by atoms with Crippen LogP contribution in [0.5, 0.6) is 0 Å². The summed E-state index contributed by atoms with van der Waals surface area (Å²) in [5.74, 6) is 1.34. The molecule has 1 N–H and O–H groups in total. The van der Waals surface area contributed by atoms with Crippen molar-refractivity contribution < 1.29 is 4.74 Å². The first kappa shape index (κ1) is 15.0. The quantitative estimate of drug-likeness (QED) is 0.793. The number of nitrogens with zero attached hydrogens (tertiary/aromatic N) is 5. The number of aryl methyl sites for hydroxylation is 1. The Morgan fingerprint density at radius 3 is 2.71 bits per heavy atom. The highest BCUT2D eigenvalue weighted by Crippen LogP contribution is 2.24. The van der Waals surface area contributed by atoms with Gasteiger partial charge in [-0.05, 0) is 24.5 Å². The van der Waals surface area contributed by atoms with Crippen molar-refractivity contribution in [2.45, 2.75) is 25.3 Å². The Hall–Kier alpha value is -2.54. The zero-order valence-electron chi connectivity index (χ0n) is 13.6. The lowest BCUT2D eigenvalue weighted by Gasteiger charge is -2.20. The summed E-state index contributed by atoms with van der Waals surface area (Å²) >= 11 is 0. The topological polar surface area (TPSA) is 77.8 Å². The minimum absolute atomic E-state index is 0.421. The molecule has 7 nitrogen and oxygen atoms in total. The van der Waals surface area contributed by atoms with Gasteiger partial charge in [0.2, 0.25) is 0 Å². The van der Waals surface area contributed by atoms with Gasteiger partial charge in [-0.2, -0.15) is 5.10 Å². The van der Waals surface area contributed by atoms with E-state index in [1.54, 1.807) is 4.68 Å². The third kappa shape index (κ3) is 3.07. The molecule has 1 aliphatic heterocycles. The highest BCUT2D eigenvalue weighted by Gasteiger charge is 2.18. The van der Waals surface area contributed by atoms with Crippen LogP contribution in [0.25, 0.3) is 11.0 Å². The number of aromatic nitrogens is 5. The van der Waals surface area contributed by atoms with Crippen LogP contribution in [-0.2, 0) is 18.3 Å². The van der Waals surface area contributed by atoms with Crippen molar-refractivity contribution in [1.29, 1.82) is 0 Å². The molecule has 0 radical (unpaired) electrons. The average molecular weight is 324 g/mol. The molecule has 0 amide bonds. The molecule has 0 saturated carbocycles. The van der Waals surface area contributed by atoms with Crippen molar-refractivity contribution >= 4 is 16.7 Å². The molecular formula is C17H20N6O. The zero-order valence-corrected chi connectivity index (χ0v) is 13.6. The highest BCUT2D eigenvalue weighted by molar-refractivity contribution is 5.74.